The first-order chi connectivity index (χ1) is 11.3. The number of anilines is 1. The Morgan fingerprint density at radius 2 is 1.88 bits per heavy atom. The van der Waals surface area contributed by atoms with Crippen molar-refractivity contribution in [2.75, 3.05) is 11.6 Å². The molecule has 3 aromatic rings. The van der Waals surface area contributed by atoms with Gasteiger partial charge in [-0.3, -0.25) is 14.8 Å². The third-order valence-electron chi connectivity index (χ3n) is 3.12. The topological polar surface area (TPSA) is 120 Å². The number of benzene rings is 1. The molecule has 2 aromatic heterocycles. The van der Waals surface area contributed by atoms with Crippen LogP contribution in [0.15, 0.2) is 45.8 Å². The molecule has 1 amide bonds. The fourth-order valence-electron chi connectivity index (χ4n) is 1.93. The number of rotatable bonds is 4. The van der Waals surface area contributed by atoms with Crippen LogP contribution in [0.25, 0.3) is 11.5 Å². The predicted molar refractivity (Wildman–Crippen MR) is 84.0 cm³/mol. The van der Waals surface area contributed by atoms with E-state index < -0.39 is 15.7 Å². The molecule has 0 bridgehead atoms. The Hall–Kier alpha value is -3.01. The number of hydrogen-bond donors (Lipinski definition) is 1. The van der Waals surface area contributed by atoms with Crippen molar-refractivity contribution in [2.24, 2.45) is 7.05 Å². The van der Waals surface area contributed by atoms with E-state index in [0.717, 1.165) is 6.26 Å². The Bertz CT molecular complexity index is 988. The van der Waals surface area contributed by atoms with Crippen LogP contribution in [0, 0.1) is 0 Å². The van der Waals surface area contributed by atoms with Gasteiger partial charge in [0.05, 0.1) is 4.90 Å². The molecular formula is C14H13N5O4S. The molecule has 0 aliphatic rings. The van der Waals surface area contributed by atoms with Gasteiger partial charge in [0.15, 0.2) is 15.5 Å². The number of aromatic nitrogens is 4. The quantitative estimate of drug-likeness (QED) is 0.751. The molecule has 0 aliphatic carbocycles. The van der Waals surface area contributed by atoms with Crippen LogP contribution in [0.2, 0.25) is 0 Å². The summed E-state index contributed by atoms with van der Waals surface area (Å²) in [5.74, 6) is -0.315. The SMILES string of the molecule is Cn1ccc(C(=O)Nc2nnc(-c3ccc(S(C)(=O)=O)cc3)o2)n1. The molecule has 124 valence electrons. The van der Waals surface area contributed by atoms with Crippen LogP contribution in [0.4, 0.5) is 6.01 Å². The van der Waals surface area contributed by atoms with Crippen molar-refractivity contribution in [1.82, 2.24) is 20.0 Å². The lowest BCUT2D eigenvalue weighted by Crippen LogP contribution is -2.13. The zero-order chi connectivity index (χ0) is 17.3. The molecule has 0 fully saturated rings. The van der Waals surface area contributed by atoms with Crippen LogP contribution >= 0.6 is 0 Å². The fraction of sp³-hybridized carbons (Fsp3) is 0.143. The minimum absolute atomic E-state index is 0.0761. The van der Waals surface area contributed by atoms with Gasteiger partial charge in [0.1, 0.15) is 0 Å². The highest BCUT2D eigenvalue weighted by atomic mass is 32.2. The van der Waals surface area contributed by atoms with E-state index in [-0.39, 0.29) is 22.5 Å². The van der Waals surface area contributed by atoms with E-state index in [1.54, 1.807) is 31.4 Å². The molecule has 0 radical (unpaired) electrons. The van der Waals surface area contributed by atoms with Crippen LogP contribution in [-0.4, -0.2) is 40.6 Å². The Kier molecular flexibility index (Phi) is 3.89. The van der Waals surface area contributed by atoms with Crippen LogP contribution in [0.5, 0.6) is 0 Å². The van der Waals surface area contributed by atoms with E-state index >= 15 is 0 Å². The van der Waals surface area contributed by atoms with Crippen molar-refractivity contribution in [3.05, 3.63) is 42.2 Å². The van der Waals surface area contributed by atoms with Crippen molar-refractivity contribution >= 4 is 21.8 Å². The van der Waals surface area contributed by atoms with Crippen molar-refractivity contribution in [1.29, 1.82) is 0 Å². The van der Waals surface area contributed by atoms with Gasteiger partial charge < -0.3 is 4.42 Å². The summed E-state index contributed by atoms with van der Waals surface area (Å²) in [4.78, 5) is 12.1. The number of sulfone groups is 1. The maximum atomic E-state index is 11.9. The maximum absolute atomic E-state index is 11.9. The summed E-state index contributed by atoms with van der Waals surface area (Å²) >= 11 is 0. The normalized spacial score (nSPS) is 11.4. The van der Waals surface area contributed by atoms with Crippen molar-refractivity contribution < 1.29 is 17.6 Å². The third kappa shape index (κ3) is 3.33. The summed E-state index contributed by atoms with van der Waals surface area (Å²) in [7, 11) is -1.58. The van der Waals surface area contributed by atoms with Gasteiger partial charge in [-0.15, -0.1) is 5.10 Å². The molecular weight excluding hydrogens is 334 g/mol. The summed E-state index contributed by atoms with van der Waals surface area (Å²) < 4.78 is 29.7. The van der Waals surface area contributed by atoms with Crippen LogP contribution in [0.1, 0.15) is 10.5 Å². The van der Waals surface area contributed by atoms with Gasteiger partial charge in [-0.1, -0.05) is 5.10 Å². The highest BCUT2D eigenvalue weighted by molar-refractivity contribution is 7.90. The summed E-state index contributed by atoms with van der Waals surface area (Å²) in [5.41, 5.74) is 0.753. The second-order valence-corrected chi connectivity index (χ2v) is 7.05. The molecule has 1 aromatic carbocycles. The van der Waals surface area contributed by atoms with Gasteiger partial charge in [0.2, 0.25) is 5.89 Å². The molecule has 0 spiro atoms. The van der Waals surface area contributed by atoms with Crippen molar-refractivity contribution in [3.63, 3.8) is 0 Å². The Labute approximate surface area is 137 Å². The number of nitrogens with one attached hydrogen (secondary N) is 1. The molecule has 0 saturated heterocycles. The average molecular weight is 347 g/mol. The molecule has 10 heteroatoms. The monoisotopic (exact) mass is 347 g/mol. The fourth-order valence-corrected chi connectivity index (χ4v) is 2.56. The van der Waals surface area contributed by atoms with Crippen LogP contribution in [-0.2, 0) is 16.9 Å². The minimum Gasteiger partial charge on any atom is -0.403 e. The van der Waals surface area contributed by atoms with E-state index in [4.69, 9.17) is 4.42 Å². The first kappa shape index (κ1) is 15.9. The number of nitrogens with zero attached hydrogens (tertiary/aromatic N) is 4. The molecule has 0 aliphatic heterocycles. The van der Waals surface area contributed by atoms with E-state index in [9.17, 15) is 13.2 Å². The molecule has 24 heavy (non-hydrogen) atoms. The van der Waals surface area contributed by atoms with E-state index in [1.165, 1.54) is 16.8 Å². The van der Waals surface area contributed by atoms with E-state index in [0.29, 0.717) is 5.56 Å². The number of carbonyl (C=O) groups is 1. The first-order valence-corrected chi connectivity index (χ1v) is 8.67. The van der Waals surface area contributed by atoms with Gasteiger partial charge >= 0.3 is 6.01 Å². The van der Waals surface area contributed by atoms with Gasteiger partial charge in [-0.25, -0.2) is 8.42 Å². The first-order valence-electron chi connectivity index (χ1n) is 6.78. The largest absolute Gasteiger partial charge is 0.403 e. The highest BCUT2D eigenvalue weighted by Crippen LogP contribution is 2.21. The number of aryl methyl sites for hydroxylation is 1. The summed E-state index contributed by atoms with van der Waals surface area (Å²) in [5, 5.41) is 14.0. The lowest BCUT2D eigenvalue weighted by Gasteiger charge is -1.99. The molecule has 0 saturated carbocycles. The van der Waals surface area contributed by atoms with Gasteiger partial charge in [-0.05, 0) is 30.3 Å². The van der Waals surface area contributed by atoms with E-state index in [1.807, 2.05) is 0 Å². The standard InChI is InChI=1S/C14H13N5O4S/c1-19-8-7-11(18-19)12(20)15-14-17-16-13(23-14)9-3-5-10(6-4-9)24(2,21)22/h3-8H,1-2H3,(H,15,17,20). The molecule has 0 atom stereocenters. The smallest absolute Gasteiger partial charge is 0.322 e. The average Bonchev–Trinajstić information content (AvgIpc) is 3.16. The number of amides is 1. The third-order valence-corrected chi connectivity index (χ3v) is 4.25. The van der Waals surface area contributed by atoms with Crippen LogP contribution in [0.3, 0.4) is 0 Å². The Balaban J connectivity index is 1.77. The molecule has 9 nitrogen and oxygen atoms in total. The summed E-state index contributed by atoms with van der Waals surface area (Å²) in [6.07, 6.45) is 2.76. The second-order valence-electron chi connectivity index (χ2n) is 5.04. The molecule has 1 N–H and O–H groups in total. The molecule has 3 rings (SSSR count). The second kappa shape index (κ2) is 5.89. The lowest BCUT2D eigenvalue weighted by molar-refractivity contribution is 0.101. The lowest BCUT2D eigenvalue weighted by atomic mass is 10.2. The van der Waals surface area contributed by atoms with Gasteiger partial charge in [0.25, 0.3) is 5.91 Å². The zero-order valence-electron chi connectivity index (χ0n) is 12.8. The van der Waals surface area contributed by atoms with Gasteiger partial charge in [-0.2, -0.15) is 5.10 Å². The highest BCUT2D eigenvalue weighted by Gasteiger charge is 2.15. The summed E-state index contributed by atoms with van der Waals surface area (Å²) in [6.45, 7) is 0. The predicted octanol–water partition coefficient (Wildman–Crippen LogP) is 1.13. The van der Waals surface area contributed by atoms with Crippen LogP contribution < -0.4 is 5.32 Å². The van der Waals surface area contributed by atoms with Crippen molar-refractivity contribution in [2.45, 2.75) is 4.90 Å². The number of carbonyl (C=O) groups excluding carboxylic acids is 1. The maximum Gasteiger partial charge on any atom is 0.322 e. The van der Waals surface area contributed by atoms with E-state index in [2.05, 4.69) is 20.6 Å². The molecule has 2 heterocycles. The van der Waals surface area contributed by atoms with Gasteiger partial charge in [0, 0.05) is 25.1 Å². The minimum atomic E-state index is -3.27. The van der Waals surface area contributed by atoms with Crippen molar-refractivity contribution in [3.8, 4) is 11.5 Å². The summed E-state index contributed by atoms with van der Waals surface area (Å²) in [6, 6.07) is 7.47. The molecule has 0 unspecified atom stereocenters. The Morgan fingerprint density at radius 3 is 2.46 bits per heavy atom. The number of hydrogen-bond acceptors (Lipinski definition) is 7. The Morgan fingerprint density at radius 1 is 1.17 bits per heavy atom. The zero-order valence-corrected chi connectivity index (χ0v) is 13.6.